The molecule has 0 fully saturated rings. The zero-order valence-corrected chi connectivity index (χ0v) is 10.9. The minimum atomic E-state index is -0.129. The Morgan fingerprint density at radius 1 is 1.26 bits per heavy atom. The molecule has 0 spiro atoms. The molecule has 8 N–H and O–H groups in total. The van der Waals surface area contributed by atoms with Gasteiger partial charge in [-0.05, 0) is 17.8 Å². The largest absolute Gasteiger partial charge is 0.375 e. The number of anilines is 3. The number of aromatic amines is 3. The predicted octanol–water partition coefficient (Wildman–Crippen LogP) is -0.976. The highest BCUT2D eigenvalue weighted by molar-refractivity contribution is 7.99. The van der Waals surface area contributed by atoms with Gasteiger partial charge in [0.05, 0.1) is 6.20 Å². The van der Waals surface area contributed by atoms with Crippen LogP contribution < -0.4 is 31.7 Å². The minimum absolute atomic E-state index is 0.129. The Morgan fingerprint density at radius 2 is 2.00 bits per heavy atom. The molecular weight excluding hydrogens is 264 g/mol. The molecule has 0 atom stereocenters. The summed E-state index contributed by atoms with van der Waals surface area (Å²) >= 11 is 1.28. The van der Waals surface area contributed by atoms with Crippen LogP contribution >= 0.6 is 11.8 Å². The number of pyridine rings is 1. The zero-order chi connectivity index (χ0) is 13.7. The second-order valence-electron chi connectivity index (χ2n) is 3.75. The number of carbonyl (C=O) groups is 1. The smallest absolute Gasteiger partial charge is 0.359 e. The number of hydrogen-bond donors (Lipinski definition) is 3. The monoisotopic (exact) mass is 279 g/mol. The van der Waals surface area contributed by atoms with Crippen molar-refractivity contribution in [1.29, 1.82) is 0 Å². The Labute approximate surface area is 113 Å². The first-order valence-corrected chi connectivity index (χ1v) is 6.52. The number of hydrogen-bond acceptors (Lipinski definition) is 4. The van der Waals surface area contributed by atoms with E-state index in [9.17, 15) is 4.79 Å². The van der Waals surface area contributed by atoms with E-state index in [1.165, 1.54) is 11.8 Å². The average molecular weight is 279 g/mol. The van der Waals surface area contributed by atoms with E-state index in [1.807, 2.05) is 12.1 Å². The molecule has 1 amide bonds. The van der Waals surface area contributed by atoms with Crippen LogP contribution in [0.15, 0.2) is 35.6 Å². The quantitative estimate of drug-likeness (QED) is 0.491. The second-order valence-corrected chi connectivity index (χ2v) is 4.73. The fraction of sp³-hybridized carbons (Fsp3) is 0.0909. The summed E-state index contributed by atoms with van der Waals surface area (Å²) in [5, 5.41) is 3.37. The molecule has 0 unspecified atom stereocenters. The molecule has 2 rings (SSSR count). The lowest BCUT2D eigenvalue weighted by Crippen LogP contribution is -2.28. The predicted molar refractivity (Wildman–Crippen MR) is 70.7 cm³/mol. The lowest BCUT2D eigenvalue weighted by atomic mass is 10.4. The van der Waals surface area contributed by atoms with Crippen LogP contribution in [0.25, 0.3) is 0 Å². The summed E-state index contributed by atoms with van der Waals surface area (Å²) in [4.78, 5) is 20.4. The molecule has 98 valence electrons. The highest BCUT2D eigenvalue weighted by atomic mass is 32.2. The molecule has 7 nitrogen and oxygen atoms in total. The fourth-order valence-corrected chi connectivity index (χ4v) is 2.13. The van der Waals surface area contributed by atoms with E-state index >= 15 is 0 Å². The van der Waals surface area contributed by atoms with Crippen molar-refractivity contribution in [2.24, 2.45) is 0 Å². The highest BCUT2D eigenvalue weighted by Gasteiger charge is 2.16. The Kier molecular flexibility index (Phi) is 4.14. The van der Waals surface area contributed by atoms with E-state index in [2.05, 4.69) is 20.3 Å². The topological polar surface area (TPSA) is 124 Å². The van der Waals surface area contributed by atoms with Crippen molar-refractivity contribution in [3.05, 3.63) is 30.5 Å². The number of H-pyrrole nitrogens is 3. The number of rotatable bonds is 4. The van der Waals surface area contributed by atoms with Crippen LogP contribution in [0, 0.1) is 0 Å². The number of thioether (sulfide) groups is 1. The fourth-order valence-electron chi connectivity index (χ4n) is 1.40. The van der Waals surface area contributed by atoms with Crippen LogP contribution in [-0.2, 0) is 4.79 Å². The number of carbonyl (C=O) groups excluding carboxylic acids is 1. The maximum atomic E-state index is 11.7. The van der Waals surface area contributed by atoms with Gasteiger partial charge in [0.25, 0.3) is 5.82 Å². The van der Waals surface area contributed by atoms with E-state index in [-0.39, 0.29) is 11.7 Å². The van der Waals surface area contributed by atoms with Crippen LogP contribution in [0.2, 0.25) is 0 Å². The first kappa shape index (κ1) is 13.1. The van der Waals surface area contributed by atoms with E-state index in [0.29, 0.717) is 22.6 Å². The first-order chi connectivity index (χ1) is 9.13. The van der Waals surface area contributed by atoms with Gasteiger partial charge in [-0.1, -0.05) is 6.07 Å². The highest BCUT2D eigenvalue weighted by Crippen LogP contribution is 2.09. The van der Waals surface area contributed by atoms with Crippen molar-refractivity contribution in [3.8, 4) is 0 Å². The maximum absolute atomic E-state index is 11.7. The molecule has 2 heterocycles. The van der Waals surface area contributed by atoms with Gasteiger partial charge in [0.2, 0.25) is 5.82 Å². The SMILES string of the molecule is Nc1cc(N)[nH+]c(SCC(=O)Nc2cccc[nH+]2)[nH+]1. The number of nitrogens with two attached hydrogens (primary N) is 2. The molecule has 0 saturated carbocycles. The number of amides is 1. The molecule has 0 aliphatic carbocycles. The zero-order valence-electron chi connectivity index (χ0n) is 10.1. The third-order valence-corrected chi connectivity index (χ3v) is 3.06. The molecule has 0 aliphatic rings. The number of nitrogens with one attached hydrogen (secondary N) is 4. The summed E-state index contributed by atoms with van der Waals surface area (Å²) < 4.78 is 0. The second kappa shape index (κ2) is 6.01. The number of aromatic nitrogens is 3. The summed E-state index contributed by atoms with van der Waals surface area (Å²) in [7, 11) is 0. The van der Waals surface area contributed by atoms with Gasteiger partial charge in [-0.25, -0.2) is 15.1 Å². The van der Waals surface area contributed by atoms with Crippen molar-refractivity contribution in [3.63, 3.8) is 0 Å². The molecular formula is C11H15N6OS+3. The maximum Gasteiger partial charge on any atom is 0.375 e. The third kappa shape index (κ3) is 4.11. The molecule has 0 bridgehead atoms. The van der Waals surface area contributed by atoms with Gasteiger partial charge in [0.15, 0.2) is 0 Å². The van der Waals surface area contributed by atoms with Crippen molar-refractivity contribution < 1.29 is 19.7 Å². The molecule has 8 heteroatoms. The lowest BCUT2D eigenvalue weighted by Gasteiger charge is -1.95. The summed E-state index contributed by atoms with van der Waals surface area (Å²) in [6, 6.07) is 7.02. The van der Waals surface area contributed by atoms with Crippen LogP contribution in [-0.4, -0.2) is 11.7 Å². The van der Waals surface area contributed by atoms with Crippen LogP contribution in [0.3, 0.4) is 0 Å². The van der Waals surface area contributed by atoms with Crippen molar-refractivity contribution >= 4 is 35.1 Å². The van der Waals surface area contributed by atoms with Gasteiger partial charge in [0, 0.05) is 6.07 Å². The Hall–Kier alpha value is -2.35. The first-order valence-electron chi connectivity index (χ1n) is 5.53. The molecule has 0 aliphatic heterocycles. The van der Waals surface area contributed by atoms with Gasteiger partial charge in [-0.2, -0.15) is 9.97 Å². The van der Waals surface area contributed by atoms with Gasteiger partial charge in [0.1, 0.15) is 11.8 Å². The Balaban J connectivity index is 1.90. The minimum Gasteiger partial charge on any atom is -0.359 e. The molecule has 19 heavy (non-hydrogen) atoms. The van der Waals surface area contributed by atoms with Gasteiger partial charge in [-0.15, -0.1) is 0 Å². The van der Waals surface area contributed by atoms with Crippen molar-refractivity contribution in [1.82, 2.24) is 0 Å². The molecule has 0 aromatic carbocycles. The van der Waals surface area contributed by atoms with E-state index in [4.69, 9.17) is 11.5 Å². The molecule has 2 aromatic heterocycles. The van der Waals surface area contributed by atoms with Crippen molar-refractivity contribution in [2.45, 2.75) is 5.16 Å². The average Bonchev–Trinajstić information content (AvgIpc) is 2.36. The summed E-state index contributed by atoms with van der Waals surface area (Å²) in [6.07, 6.45) is 1.74. The molecule has 2 aromatic rings. The van der Waals surface area contributed by atoms with Crippen molar-refractivity contribution in [2.75, 3.05) is 22.5 Å². The lowest BCUT2D eigenvalue weighted by molar-refractivity contribution is -0.590. The molecule has 0 saturated heterocycles. The normalized spacial score (nSPS) is 10.1. The van der Waals surface area contributed by atoms with Crippen LogP contribution in [0.5, 0.6) is 0 Å². The standard InChI is InChI=1S/C11H12N6OS/c12-7-5-8(13)16-11(15-7)19-6-10(18)17-9-3-1-2-4-14-9/h1-5H,6H2,(H,14,17,18)(H4,12,13,15,16)/p+3. The van der Waals surface area contributed by atoms with Crippen LogP contribution in [0.1, 0.15) is 0 Å². The summed E-state index contributed by atoms with van der Waals surface area (Å²) in [6.45, 7) is 0. The molecule has 0 radical (unpaired) electrons. The summed E-state index contributed by atoms with van der Waals surface area (Å²) in [5.74, 6) is 1.63. The van der Waals surface area contributed by atoms with Crippen LogP contribution in [0.4, 0.5) is 17.5 Å². The van der Waals surface area contributed by atoms with Gasteiger partial charge < -0.3 is 5.73 Å². The third-order valence-electron chi connectivity index (χ3n) is 2.16. The summed E-state index contributed by atoms with van der Waals surface area (Å²) in [5.41, 5.74) is 11.2. The van der Waals surface area contributed by atoms with E-state index in [1.54, 1.807) is 18.3 Å². The van der Waals surface area contributed by atoms with E-state index in [0.717, 1.165) is 0 Å². The number of nitrogen functional groups attached to an aromatic ring is 2. The van der Waals surface area contributed by atoms with Gasteiger partial charge >= 0.3 is 16.9 Å². The van der Waals surface area contributed by atoms with E-state index < -0.39 is 0 Å². The van der Waals surface area contributed by atoms with Gasteiger partial charge in [-0.3, -0.25) is 5.73 Å². The Morgan fingerprint density at radius 3 is 2.63 bits per heavy atom. The Bertz CT molecular complexity index is 556.